The second-order valence-corrected chi connectivity index (χ2v) is 6.22. The number of aromatic amines is 1. The Bertz CT molecular complexity index is 983. The molecule has 0 aliphatic carbocycles. The van der Waals surface area contributed by atoms with Gasteiger partial charge in [0.1, 0.15) is 5.58 Å². The molecular weight excluding hydrogens is 306 g/mol. The van der Waals surface area contributed by atoms with Crippen LogP contribution in [0.5, 0.6) is 0 Å². The zero-order valence-corrected chi connectivity index (χ0v) is 14.1. The molecule has 3 rings (SSSR count). The summed E-state index contributed by atoms with van der Waals surface area (Å²) in [5.41, 5.74) is 3.77. The molecule has 0 radical (unpaired) electrons. The van der Waals surface area contributed by atoms with Crippen molar-refractivity contribution in [1.82, 2.24) is 10.2 Å². The number of aromatic nitrogens is 2. The average Bonchev–Trinajstić information content (AvgIpc) is 2.98. The maximum atomic E-state index is 12.6. The fourth-order valence-electron chi connectivity index (χ4n) is 2.71. The van der Waals surface area contributed by atoms with Crippen molar-refractivity contribution < 1.29 is 9.21 Å². The maximum Gasteiger partial charge on any atom is 0.336 e. The quantitative estimate of drug-likeness (QED) is 0.721. The number of carbonyl (C=O) groups is 1. The molecule has 3 aromatic rings. The van der Waals surface area contributed by atoms with Crippen molar-refractivity contribution in [3.05, 3.63) is 57.2 Å². The van der Waals surface area contributed by atoms with E-state index in [9.17, 15) is 9.59 Å². The predicted octanol–water partition coefficient (Wildman–Crippen LogP) is 3.51. The molecule has 0 saturated carbocycles. The summed E-state index contributed by atoms with van der Waals surface area (Å²) in [7, 11) is 0. The van der Waals surface area contributed by atoms with Gasteiger partial charge in [-0.25, -0.2) is 4.79 Å². The van der Waals surface area contributed by atoms with Crippen LogP contribution in [0.25, 0.3) is 11.0 Å². The topological polar surface area (TPSA) is 88.0 Å². The molecule has 0 aliphatic rings. The third-order valence-corrected chi connectivity index (χ3v) is 4.04. The third kappa shape index (κ3) is 2.82. The minimum Gasteiger partial charge on any atom is -0.423 e. The highest BCUT2D eigenvalue weighted by molar-refractivity contribution is 6.06. The standard InChI is InChI=1S/C18H19N3O3/c1-9(2)17-13(8-19-21-17)18(23)20-14-7-12-10(3)6-16(22)24-15(12)5-11(14)4/h5-9H,1-4H3,(H,19,21)(H,20,23). The lowest BCUT2D eigenvalue weighted by Gasteiger charge is -2.11. The summed E-state index contributed by atoms with van der Waals surface area (Å²) < 4.78 is 5.22. The minimum atomic E-state index is -0.379. The van der Waals surface area contributed by atoms with Crippen LogP contribution in [-0.2, 0) is 0 Å². The molecule has 0 saturated heterocycles. The summed E-state index contributed by atoms with van der Waals surface area (Å²) in [4.78, 5) is 24.1. The summed E-state index contributed by atoms with van der Waals surface area (Å²) >= 11 is 0. The Labute approximate surface area is 138 Å². The van der Waals surface area contributed by atoms with Crippen LogP contribution in [0.3, 0.4) is 0 Å². The Morgan fingerprint density at radius 1 is 1.21 bits per heavy atom. The number of hydrogen-bond acceptors (Lipinski definition) is 4. The molecule has 6 heteroatoms. The number of benzene rings is 1. The van der Waals surface area contributed by atoms with Gasteiger partial charge in [-0.2, -0.15) is 5.10 Å². The van der Waals surface area contributed by atoms with Crippen molar-refractivity contribution in [1.29, 1.82) is 0 Å². The first kappa shape index (κ1) is 16.0. The van der Waals surface area contributed by atoms with Gasteiger partial charge in [0.2, 0.25) is 0 Å². The van der Waals surface area contributed by atoms with Gasteiger partial charge >= 0.3 is 5.63 Å². The molecule has 2 heterocycles. The molecule has 0 bridgehead atoms. The second kappa shape index (κ2) is 5.96. The van der Waals surface area contributed by atoms with Crippen LogP contribution in [0.2, 0.25) is 0 Å². The lowest BCUT2D eigenvalue weighted by Crippen LogP contribution is -2.14. The number of anilines is 1. The van der Waals surface area contributed by atoms with Gasteiger partial charge in [-0.3, -0.25) is 9.89 Å². The van der Waals surface area contributed by atoms with E-state index in [0.717, 1.165) is 22.2 Å². The summed E-state index contributed by atoms with van der Waals surface area (Å²) in [5.74, 6) is -0.0487. The highest BCUT2D eigenvalue weighted by Crippen LogP contribution is 2.26. The van der Waals surface area contributed by atoms with Gasteiger partial charge < -0.3 is 9.73 Å². The predicted molar refractivity (Wildman–Crippen MR) is 92.6 cm³/mol. The second-order valence-electron chi connectivity index (χ2n) is 6.22. The highest BCUT2D eigenvalue weighted by atomic mass is 16.4. The maximum absolute atomic E-state index is 12.6. The van der Waals surface area contributed by atoms with E-state index >= 15 is 0 Å². The molecule has 0 aliphatic heterocycles. The minimum absolute atomic E-state index is 0.169. The zero-order valence-electron chi connectivity index (χ0n) is 14.1. The molecule has 2 N–H and O–H groups in total. The Kier molecular flexibility index (Phi) is 3.97. The van der Waals surface area contributed by atoms with Gasteiger partial charge in [-0.1, -0.05) is 13.8 Å². The molecule has 124 valence electrons. The van der Waals surface area contributed by atoms with E-state index in [1.807, 2.05) is 33.8 Å². The molecule has 2 aromatic heterocycles. The monoisotopic (exact) mass is 325 g/mol. The molecule has 0 spiro atoms. The average molecular weight is 325 g/mol. The van der Waals surface area contributed by atoms with Crippen LogP contribution in [0, 0.1) is 13.8 Å². The van der Waals surface area contributed by atoms with Gasteiger partial charge in [-0.05, 0) is 43.0 Å². The summed E-state index contributed by atoms with van der Waals surface area (Å²) in [6, 6.07) is 5.03. The van der Waals surface area contributed by atoms with E-state index in [1.54, 1.807) is 6.07 Å². The van der Waals surface area contributed by atoms with E-state index in [2.05, 4.69) is 15.5 Å². The first-order chi connectivity index (χ1) is 11.4. The fourth-order valence-corrected chi connectivity index (χ4v) is 2.71. The van der Waals surface area contributed by atoms with Crippen LogP contribution in [0.15, 0.2) is 33.6 Å². The van der Waals surface area contributed by atoms with Crippen LogP contribution in [0.4, 0.5) is 5.69 Å². The Morgan fingerprint density at radius 2 is 1.96 bits per heavy atom. The normalized spacial score (nSPS) is 11.2. The Balaban J connectivity index is 2.01. The van der Waals surface area contributed by atoms with E-state index in [4.69, 9.17) is 4.42 Å². The molecule has 0 unspecified atom stereocenters. The lowest BCUT2D eigenvalue weighted by atomic mass is 10.0. The van der Waals surface area contributed by atoms with E-state index in [-0.39, 0.29) is 17.5 Å². The van der Waals surface area contributed by atoms with Crippen LogP contribution < -0.4 is 10.9 Å². The number of H-pyrrole nitrogens is 1. The number of amides is 1. The number of carbonyl (C=O) groups excluding carboxylic acids is 1. The van der Waals surface area contributed by atoms with Gasteiger partial charge in [0.15, 0.2) is 0 Å². The smallest absolute Gasteiger partial charge is 0.336 e. The molecule has 0 atom stereocenters. The number of nitrogens with one attached hydrogen (secondary N) is 2. The van der Waals surface area contributed by atoms with Crippen molar-refractivity contribution in [2.45, 2.75) is 33.6 Å². The molecular formula is C18H19N3O3. The van der Waals surface area contributed by atoms with E-state index < -0.39 is 0 Å². The number of hydrogen-bond donors (Lipinski definition) is 2. The van der Waals surface area contributed by atoms with Crippen LogP contribution >= 0.6 is 0 Å². The number of fused-ring (bicyclic) bond motifs is 1. The highest BCUT2D eigenvalue weighted by Gasteiger charge is 2.17. The number of nitrogens with zero attached hydrogens (tertiary/aromatic N) is 1. The number of rotatable bonds is 3. The fraction of sp³-hybridized carbons (Fsp3) is 0.278. The Hall–Kier alpha value is -2.89. The van der Waals surface area contributed by atoms with E-state index in [1.165, 1.54) is 12.3 Å². The van der Waals surface area contributed by atoms with Crippen molar-refractivity contribution in [3.8, 4) is 0 Å². The van der Waals surface area contributed by atoms with Crippen molar-refractivity contribution in [3.63, 3.8) is 0 Å². The SMILES string of the molecule is Cc1cc2oc(=O)cc(C)c2cc1NC(=O)c1cn[nH]c1C(C)C. The summed E-state index contributed by atoms with van der Waals surface area (Å²) in [6.07, 6.45) is 1.53. The van der Waals surface area contributed by atoms with Crippen LogP contribution in [-0.4, -0.2) is 16.1 Å². The largest absolute Gasteiger partial charge is 0.423 e. The lowest BCUT2D eigenvalue weighted by molar-refractivity contribution is 0.102. The first-order valence-electron chi connectivity index (χ1n) is 7.76. The van der Waals surface area contributed by atoms with Crippen molar-refractivity contribution in [2.24, 2.45) is 0 Å². The van der Waals surface area contributed by atoms with Gasteiger partial charge in [-0.15, -0.1) is 0 Å². The van der Waals surface area contributed by atoms with Crippen molar-refractivity contribution in [2.75, 3.05) is 5.32 Å². The van der Waals surface area contributed by atoms with E-state index in [0.29, 0.717) is 16.8 Å². The third-order valence-electron chi connectivity index (χ3n) is 4.04. The number of aryl methyl sites for hydroxylation is 2. The summed E-state index contributed by atoms with van der Waals surface area (Å²) in [5, 5.41) is 10.6. The van der Waals surface area contributed by atoms with Gasteiger partial charge in [0.25, 0.3) is 5.91 Å². The molecule has 6 nitrogen and oxygen atoms in total. The zero-order chi connectivity index (χ0) is 17.4. The molecule has 1 amide bonds. The first-order valence-corrected chi connectivity index (χ1v) is 7.76. The van der Waals surface area contributed by atoms with Crippen molar-refractivity contribution >= 4 is 22.6 Å². The molecule has 24 heavy (non-hydrogen) atoms. The van der Waals surface area contributed by atoms with Gasteiger partial charge in [0, 0.05) is 17.1 Å². The van der Waals surface area contributed by atoms with Crippen LogP contribution in [0.1, 0.15) is 46.9 Å². The summed E-state index contributed by atoms with van der Waals surface area (Å²) in [6.45, 7) is 7.69. The van der Waals surface area contributed by atoms with Gasteiger partial charge in [0.05, 0.1) is 17.5 Å². The molecule has 0 fully saturated rings. The Morgan fingerprint density at radius 3 is 2.67 bits per heavy atom. The molecule has 1 aromatic carbocycles.